The number of carbonyl (C=O) groups excluding carboxylic acids is 3. The van der Waals surface area contributed by atoms with Gasteiger partial charge in [0.2, 0.25) is 11.8 Å². The number of benzene rings is 1. The summed E-state index contributed by atoms with van der Waals surface area (Å²) in [4.78, 5) is 43.5. The van der Waals surface area contributed by atoms with E-state index in [9.17, 15) is 14.4 Å². The van der Waals surface area contributed by atoms with Crippen LogP contribution in [0, 0.1) is 6.92 Å². The summed E-state index contributed by atoms with van der Waals surface area (Å²) in [7, 11) is 1.55. The van der Waals surface area contributed by atoms with E-state index in [-0.39, 0.29) is 24.3 Å². The molecule has 0 bridgehead atoms. The topological polar surface area (TPSA) is 131 Å². The van der Waals surface area contributed by atoms with Crippen molar-refractivity contribution in [1.82, 2.24) is 15.0 Å². The molecule has 1 aliphatic rings. The van der Waals surface area contributed by atoms with Crippen LogP contribution in [0.25, 0.3) is 0 Å². The Kier molecular flexibility index (Phi) is 8.48. The quantitative estimate of drug-likeness (QED) is 0.335. The van der Waals surface area contributed by atoms with Crippen LogP contribution in [0.3, 0.4) is 0 Å². The van der Waals surface area contributed by atoms with Crippen molar-refractivity contribution in [3.63, 3.8) is 0 Å². The average Bonchev–Trinajstić information content (AvgIpc) is 3.24. The van der Waals surface area contributed by atoms with Gasteiger partial charge in [0.05, 0.1) is 11.4 Å². The minimum atomic E-state index is -0.337. The van der Waals surface area contributed by atoms with Crippen LogP contribution in [0.4, 0.5) is 5.69 Å². The lowest BCUT2D eigenvalue weighted by Gasteiger charge is -2.25. The molecule has 0 spiro atoms. The van der Waals surface area contributed by atoms with E-state index in [1.165, 1.54) is 4.90 Å². The van der Waals surface area contributed by atoms with Crippen molar-refractivity contribution in [2.24, 2.45) is 5.14 Å². The zero-order valence-corrected chi connectivity index (χ0v) is 19.5. The number of nitrogens with zero attached hydrogens (tertiary/aromatic N) is 3. The van der Waals surface area contributed by atoms with Crippen molar-refractivity contribution < 1.29 is 18.9 Å². The number of amides is 2. The first-order valence-electron chi connectivity index (χ1n) is 10.1. The van der Waals surface area contributed by atoms with Crippen LogP contribution >= 0.6 is 23.7 Å². The highest BCUT2D eigenvalue weighted by Crippen LogP contribution is 2.38. The number of nitrogens with two attached hydrogens (primary N) is 1. The lowest BCUT2D eigenvalue weighted by molar-refractivity contribution is -0.129. The van der Waals surface area contributed by atoms with E-state index in [2.05, 4.69) is 15.5 Å². The number of rotatable bonds is 8. The molecule has 1 aliphatic carbocycles. The Balaban J connectivity index is 1.61. The Morgan fingerprint density at radius 2 is 1.97 bits per heavy atom. The number of hydrogen-bond donors (Lipinski definition) is 2. The number of hydrogen-bond acceptors (Lipinski definition) is 9. The van der Waals surface area contributed by atoms with E-state index in [0.29, 0.717) is 40.8 Å². The normalized spacial score (nSPS) is 15.8. The highest BCUT2D eigenvalue weighted by Gasteiger charge is 2.27. The number of aromatic nitrogens is 2. The zero-order valence-electron chi connectivity index (χ0n) is 17.9. The van der Waals surface area contributed by atoms with Gasteiger partial charge in [-0.1, -0.05) is 10.7 Å². The Hall–Kier alpha value is -2.63. The first kappa shape index (κ1) is 24.0. The summed E-state index contributed by atoms with van der Waals surface area (Å²) < 4.78 is 5.06. The second-order valence-corrected chi connectivity index (χ2v) is 8.99. The zero-order chi connectivity index (χ0) is 23.1. The molecule has 1 fully saturated rings. The van der Waals surface area contributed by atoms with Crippen molar-refractivity contribution >= 4 is 46.8 Å². The number of aryl methyl sites for hydroxylation is 1. The fourth-order valence-electron chi connectivity index (χ4n) is 3.54. The Morgan fingerprint density at radius 3 is 2.53 bits per heavy atom. The molecule has 2 aromatic rings. The summed E-state index contributed by atoms with van der Waals surface area (Å²) in [6.45, 7) is 1.62. The molecular formula is C21H25N5O4S2. The minimum Gasteiger partial charge on any atom is -0.340 e. The van der Waals surface area contributed by atoms with E-state index < -0.39 is 0 Å². The predicted molar refractivity (Wildman–Crippen MR) is 124 cm³/mol. The van der Waals surface area contributed by atoms with E-state index in [1.54, 1.807) is 38.2 Å². The highest BCUT2D eigenvalue weighted by molar-refractivity contribution is 8.16. The van der Waals surface area contributed by atoms with Crippen LogP contribution in [0.2, 0.25) is 0 Å². The molecule has 32 heavy (non-hydrogen) atoms. The van der Waals surface area contributed by atoms with Crippen LogP contribution in [0.15, 0.2) is 44.2 Å². The third kappa shape index (κ3) is 6.21. The van der Waals surface area contributed by atoms with Gasteiger partial charge >= 0.3 is 0 Å². The molecule has 11 heteroatoms. The van der Waals surface area contributed by atoms with E-state index in [0.717, 1.165) is 47.0 Å². The number of anilines is 1. The minimum absolute atomic E-state index is 0.132. The van der Waals surface area contributed by atoms with Crippen molar-refractivity contribution in [1.29, 1.82) is 0 Å². The molecule has 2 amide bonds. The van der Waals surface area contributed by atoms with E-state index in [4.69, 9.17) is 9.66 Å². The summed E-state index contributed by atoms with van der Waals surface area (Å²) in [5.74, 6) is 0.718. The second kappa shape index (κ2) is 11.3. The molecule has 0 aliphatic heterocycles. The molecule has 3 rings (SSSR count). The molecule has 170 valence electrons. The van der Waals surface area contributed by atoms with E-state index >= 15 is 0 Å². The fourth-order valence-corrected chi connectivity index (χ4v) is 4.56. The van der Waals surface area contributed by atoms with Gasteiger partial charge in [0.25, 0.3) is 5.91 Å². The lowest BCUT2D eigenvalue weighted by atomic mass is 9.85. The van der Waals surface area contributed by atoms with Gasteiger partial charge in [0.1, 0.15) is 0 Å². The molecule has 9 nitrogen and oxygen atoms in total. The molecule has 0 saturated heterocycles. The molecule has 0 radical (unpaired) electrons. The largest absolute Gasteiger partial charge is 0.340 e. The third-order valence-electron chi connectivity index (χ3n) is 5.18. The van der Waals surface area contributed by atoms with Crippen LogP contribution in [0.1, 0.15) is 43.3 Å². The molecule has 1 saturated carbocycles. The fraction of sp³-hybridized carbons (Fsp3) is 0.381. The molecule has 1 aromatic carbocycles. The maximum absolute atomic E-state index is 13.0. The van der Waals surface area contributed by atoms with Gasteiger partial charge in [0.15, 0.2) is 11.4 Å². The maximum atomic E-state index is 13.0. The van der Waals surface area contributed by atoms with Gasteiger partial charge in [-0.15, -0.1) is 0 Å². The van der Waals surface area contributed by atoms with Crippen molar-refractivity contribution in [2.45, 2.75) is 43.4 Å². The standard InChI is InChI=1S/C21H25N5O4S2/c1-13-23-20(25-30-13)15-5-3-14(4-6-15)19(31-12-27)21(29)26(2)11-18(28)24-16-7-9-17(32-22)10-8-16/h7-10,12,15H,3-6,11,22H2,1-2H3,(H,24,28). The molecule has 1 aromatic heterocycles. The van der Waals surface area contributed by atoms with E-state index in [1.807, 2.05) is 0 Å². The summed E-state index contributed by atoms with van der Waals surface area (Å²) in [5.41, 5.74) is 2.19. The van der Waals surface area contributed by atoms with Gasteiger partial charge < -0.3 is 14.7 Å². The Morgan fingerprint density at radius 1 is 1.28 bits per heavy atom. The van der Waals surface area contributed by atoms with Crippen LogP contribution in [0.5, 0.6) is 0 Å². The van der Waals surface area contributed by atoms with Gasteiger partial charge in [-0.05, 0) is 73.7 Å². The maximum Gasteiger partial charge on any atom is 0.260 e. The van der Waals surface area contributed by atoms with Gasteiger partial charge in [-0.25, -0.2) is 0 Å². The highest BCUT2D eigenvalue weighted by atomic mass is 32.2. The molecule has 0 atom stereocenters. The summed E-state index contributed by atoms with van der Waals surface area (Å²) in [6.07, 6.45) is 2.86. The van der Waals surface area contributed by atoms with Gasteiger partial charge in [-0.2, -0.15) is 4.98 Å². The van der Waals surface area contributed by atoms with Crippen LogP contribution in [-0.2, 0) is 14.4 Å². The third-order valence-corrected chi connectivity index (χ3v) is 6.52. The van der Waals surface area contributed by atoms with Crippen molar-refractivity contribution in [2.75, 3.05) is 18.9 Å². The van der Waals surface area contributed by atoms with Gasteiger partial charge in [-0.3, -0.25) is 19.5 Å². The molecule has 1 heterocycles. The van der Waals surface area contributed by atoms with Crippen LogP contribution in [-0.4, -0.2) is 46.1 Å². The summed E-state index contributed by atoms with van der Waals surface area (Å²) in [5, 5.41) is 12.2. The Labute approximate surface area is 194 Å². The monoisotopic (exact) mass is 475 g/mol. The smallest absolute Gasteiger partial charge is 0.260 e. The predicted octanol–water partition coefficient (Wildman–Crippen LogP) is 3.28. The number of carbonyl (C=O) groups is 3. The second-order valence-electron chi connectivity index (χ2n) is 7.44. The van der Waals surface area contributed by atoms with Crippen molar-refractivity contribution in [3.05, 3.63) is 46.5 Å². The Bertz CT molecular complexity index is 996. The SMILES string of the molecule is Cc1nc(C2CCC(=C(SC=O)C(=O)N(C)CC(=O)Nc3ccc(SN)cc3)CC2)no1. The molecule has 0 unspecified atom stereocenters. The van der Waals surface area contributed by atoms with Crippen molar-refractivity contribution in [3.8, 4) is 0 Å². The average molecular weight is 476 g/mol. The number of thioether (sulfide) groups is 1. The lowest BCUT2D eigenvalue weighted by Crippen LogP contribution is -2.35. The first-order valence-corrected chi connectivity index (χ1v) is 11.8. The number of allylic oxidation sites excluding steroid dienone is 1. The molecular weight excluding hydrogens is 450 g/mol. The van der Waals surface area contributed by atoms with Gasteiger partial charge in [0, 0.05) is 30.5 Å². The number of likely N-dealkylation sites (N-methyl/N-ethyl adjacent to an activating group) is 1. The van der Waals surface area contributed by atoms with Crippen LogP contribution < -0.4 is 10.5 Å². The summed E-state index contributed by atoms with van der Waals surface area (Å²) in [6, 6.07) is 7.08. The molecule has 3 N–H and O–H groups in total. The summed E-state index contributed by atoms with van der Waals surface area (Å²) >= 11 is 1.99. The number of nitrogens with one attached hydrogen (secondary N) is 1. The first-order chi connectivity index (χ1) is 15.4.